The van der Waals surface area contributed by atoms with E-state index in [1.165, 1.54) is 11.8 Å². The van der Waals surface area contributed by atoms with Crippen LogP contribution in [-0.4, -0.2) is 15.9 Å². The van der Waals surface area contributed by atoms with E-state index in [0.717, 1.165) is 38.3 Å². The second kappa shape index (κ2) is 8.78. The van der Waals surface area contributed by atoms with Gasteiger partial charge in [-0.05, 0) is 80.4 Å². The van der Waals surface area contributed by atoms with Gasteiger partial charge in [0.25, 0.3) is 11.5 Å². The van der Waals surface area contributed by atoms with E-state index < -0.39 is 0 Å². The molecule has 0 fully saturated rings. The second-order valence-electron chi connectivity index (χ2n) is 7.60. The SMILES string of the molecule is Cc1cccc(C(=O)Nc2ccc(SCc3nc4cc(C)c(C)cc4[nH]c3=O)cc2)c1. The van der Waals surface area contributed by atoms with Gasteiger partial charge in [0.1, 0.15) is 5.69 Å². The number of benzene rings is 3. The number of hydrogen-bond acceptors (Lipinski definition) is 4. The van der Waals surface area contributed by atoms with Gasteiger partial charge in [-0.15, -0.1) is 11.8 Å². The number of hydrogen-bond donors (Lipinski definition) is 2. The largest absolute Gasteiger partial charge is 0.322 e. The summed E-state index contributed by atoms with van der Waals surface area (Å²) in [4.78, 5) is 33.3. The highest BCUT2D eigenvalue weighted by atomic mass is 32.2. The van der Waals surface area contributed by atoms with Crippen LogP contribution in [0, 0.1) is 20.8 Å². The van der Waals surface area contributed by atoms with E-state index >= 15 is 0 Å². The van der Waals surface area contributed by atoms with Crippen molar-refractivity contribution in [3.05, 3.63) is 99.0 Å². The van der Waals surface area contributed by atoms with Crippen LogP contribution < -0.4 is 10.9 Å². The first kappa shape index (κ1) is 20.9. The fourth-order valence-electron chi connectivity index (χ4n) is 3.26. The zero-order valence-corrected chi connectivity index (χ0v) is 18.5. The molecular weight excluding hydrogens is 406 g/mol. The standard InChI is InChI=1S/C25H23N3O2S/c1-15-5-4-6-18(11-15)24(29)26-19-7-9-20(10-8-19)31-14-23-25(30)28-22-13-17(3)16(2)12-21(22)27-23/h4-13H,14H2,1-3H3,(H,26,29)(H,28,30). The number of carbonyl (C=O) groups excluding carboxylic acids is 1. The molecule has 5 nitrogen and oxygen atoms in total. The molecule has 156 valence electrons. The van der Waals surface area contributed by atoms with Crippen molar-refractivity contribution < 1.29 is 4.79 Å². The Morgan fingerprint density at radius 2 is 1.74 bits per heavy atom. The van der Waals surface area contributed by atoms with Gasteiger partial charge in [0.2, 0.25) is 0 Å². The lowest BCUT2D eigenvalue weighted by atomic mass is 10.1. The molecular formula is C25H23N3O2S. The van der Waals surface area contributed by atoms with E-state index in [4.69, 9.17) is 0 Å². The number of amides is 1. The van der Waals surface area contributed by atoms with Crippen molar-refractivity contribution in [1.82, 2.24) is 9.97 Å². The van der Waals surface area contributed by atoms with Crippen LogP contribution in [0.1, 0.15) is 32.7 Å². The molecule has 0 saturated carbocycles. The van der Waals surface area contributed by atoms with Crippen LogP contribution in [0.5, 0.6) is 0 Å². The van der Waals surface area contributed by atoms with Gasteiger partial charge >= 0.3 is 0 Å². The lowest BCUT2D eigenvalue weighted by molar-refractivity contribution is 0.102. The number of thioether (sulfide) groups is 1. The third kappa shape index (κ3) is 4.86. The molecule has 3 aromatic carbocycles. The fourth-order valence-corrected chi connectivity index (χ4v) is 4.09. The first-order valence-corrected chi connectivity index (χ1v) is 11.0. The number of aromatic nitrogens is 2. The molecule has 1 aromatic heterocycles. The van der Waals surface area contributed by atoms with Gasteiger partial charge < -0.3 is 10.3 Å². The van der Waals surface area contributed by atoms with Crippen LogP contribution >= 0.6 is 11.8 Å². The predicted molar refractivity (Wildman–Crippen MR) is 127 cm³/mol. The first-order chi connectivity index (χ1) is 14.9. The van der Waals surface area contributed by atoms with E-state index in [-0.39, 0.29) is 11.5 Å². The van der Waals surface area contributed by atoms with Gasteiger partial charge in [-0.3, -0.25) is 9.59 Å². The molecule has 0 unspecified atom stereocenters. The molecule has 0 aliphatic carbocycles. The minimum atomic E-state index is -0.162. The third-order valence-corrected chi connectivity index (χ3v) is 6.17. The predicted octanol–water partition coefficient (Wildman–Crippen LogP) is 5.39. The van der Waals surface area contributed by atoms with Gasteiger partial charge in [-0.2, -0.15) is 0 Å². The Hall–Kier alpha value is -3.38. The van der Waals surface area contributed by atoms with Crippen LogP contribution in [0.4, 0.5) is 5.69 Å². The van der Waals surface area contributed by atoms with Gasteiger partial charge in [-0.1, -0.05) is 17.7 Å². The van der Waals surface area contributed by atoms with Gasteiger partial charge in [0.05, 0.1) is 11.0 Å². The van der Waals surface area contributed by atoms with E-state index in [2.05, 4.69) is 15.3 Å². The fraction of sp³-hybridized carbons (Fsp3) is 0.160. The Labute approximate surface area is 184 Å². The molecule has 0 aliphatic rings. The minimum Gasteiger partial charge on any atom is -0.322 e. The summed E-state index contributed by atoms with van der Waals surface area (Å²) in [5.74, 6) is 0.328. The summed E-state index contributed by atoms with van der Waals surface area (Å²) in [6.07, 6.45) is 0. The molecule has 2 N–H and O–H groups in total. The number of nitrogens with zero attached hydrogens (tertiary/aromatic N) is 1. The van der Waals surface area contributed by atoms with E-state index in [9.17, 15) is 9.59 Å². The van der Waals surface area contributed by atoms with E-state index in [1.807, 2.05) is 75.4 Å². The Bertz CT molecular complexity index is 1330. The number of carbonyl (C=O) groups is 1. The molecule has 0 bridgehead atoms. The third-order valence-electron chi connectivity index (χ3n) is 5.15. The maximum atomic E-state index is 12.4. The number of aryl methyl sites for hydroxylation is 3. The van der Waals surface area contributed by atoms with Crippen molar-refractivity contribution in [2.75, 3.05) is 5.32 Å². The van der Waals surface area contributed by atoms with Crippen molar-refractivity contribution in [2.45, 2.75) is 31.4 Å². The summed E-state index contributed by atoms with van der Waals surface area (Å²) >= 11 is 1.53. The van der Waals surface area contributed by atoms with Crippen molar-refractivity contribution in [3.63, 3.8) is 0 Å². The molecule has 1 heterocycles. The summed E-state index contributed by atoms with van der Waals surface area (Å²) in [6, 6.07) is 19.0. The van der Waals surface area contributed by atoms with Crippen LogP contribution in [0.3, 0.4) is 0 Å². The summed E-state index contributed by atoms with van der Waals surface area (Å²) in [5.41, 5.74) is 6.57. The zero-order chi connectivity index (χ0) is 22.0. The number of H-pyrrole nitrogens is 1. The quantitative estimate of drug-likeness (QED) is 0.417. The normalized spacial score (nSPS) is 10.9. The molecule has 0 saturated heterocycles. The topological polar surface area (TPSA) is 74.8 Å². The summed E-state index contributed by atoms with van der Waals surface area (Å²) in [5, 5.41) is 2.91. The lowest BCUT2D eigenvalue weighted by Gasteiger charge is -2.08. The van der Waals surface area contributed by atoms with Crippen LogP contribution in [0.15, 0.2) is 70.4 Å². The van der Waals surface area contributed by atoms with Crippen molar-refractivity contribution in [3.8, 4) is 0 Å². The Balaban J connectivity index is 1.44. The average Bonchev–Trinajstić information content (AvgIpc) is 2.74. The molecule has 0 atom stereocenters. The highest BCUT2D eigenvalue weighted by molar-refractivity contribution is 7.98. The van der Waals surface area contributed by atoms with Gasteiger partial charge in [0, 0.05) is 21.9 Å². The highest BCUT2D eigenvalue weighted by Gasteiger charge is 2.09. The highest BCUT2D eigenvalue weighted by Crippen LogP contribution is 2.24. The molecule has 0 radical (unpaired) electrons. The number of aromatic amines is 1. The molecule has 4 aromatic rings. The number of rotatable bonds is 5. The Morgan fingerprint density at radius 1 is 1.00 bits per heavy atom. The molecule has 31 heavy (non-hydrogen) atoms. The smallest absolute Gasteiger partial charge is 0.271 e. The monoisotopic (exact) mass is 429 g/mol. The Morgan fingerprint density at radius 3 is 2.48 bits per heavy atom. The van der Waals surface area contributed by atoms with Crippen molar-refractivity contribution >= 4 is 34.4 Å². The average molecular weight is 430 g/mol. The van der Waals surface area contributed by atoms with Crippen LogP contribution in [-0.2, 0) is 5.75 Å². The van der Waals surface area contributed by atoms with Crippen LogP contribution in [0.2, 0.25) is 0 Å². The van der Waals surface area contributed by atoms with Crippen LogP contribution in [0.25, 0.3) is 11.0 Å². The maximum absolute atomic E-state index is 12.4. The maximum Gasteiger partial charge on any atom is 0.271 e. The first-order valence-electron chi connectivity index (χ1n) is 10.00. The van der Waals surface area contributed by atoms with E-state index in [1.54, 1.807) is 6.07 Å². The van der Waals surface area contributed by atoms with Gasteiger partial charge in [0.15, 0.2) is 0 Å². The summed E-state index contributed by atoms with van der Waals surface area (Å²) in [7, 11) is 0. The molecule has 6 heteroatoms. The number of anilines is 1. The second-order valence-corrected chi connectivity index (χ2v) is 8.65. The number of fused-ring (bicyclic) bond motifs is 1. The lowest BCUT2D eigenvalue weighted by Crippen LogP contribution is -2.14. The summed E-state index contributed by atoms with van der Waals surface area (Å²) in [6.45, 7) is 6.01. The summed E-state index contributed by atoms with van der Waals surface area (Å²) < 4.78 is 0. The molecule has 0 spiro atoms. The molecule has 4 rings (SSSR count). The van der Waals surface area contributed by atoms with E-state index in [0.29, 0.717) is 17.0 Å². The minimum absolute atomic E-state index is 0.137. The number of nitrogens with one attached hydrogen (secondary N) is 2. The zero-order valence-electron chi connectivity index (χ0n) is 17.7. The van der Waals surface area contributed by atoms with Crippen molar-refractivity contribution in [1.29, 1.82) is 0 Å². The van der Waals surface area contributed by atoms with Gasteiger partial charge in [-0.25, -0.2) is 4.98 Å². The molecule has 1 amide bonds. The molecule has 0 aliphatic heterocycles. The Kier molecular flexibility index (Phi) is 5.91. The van der Waals surface area contributed by atoms with Crippen molar-refractivity contribution in [2.24, 2.45) is 0 Å².